The number of oxime groups is 1. The highest BCUT2D eigenvalue weighted by molar-refractivity contribution is 7.99. The lowest BCUT2D eigenvalue weighted by Gasteiger charge is -2.22. The van der Waals surface area contributed by atoms with Crippen molar-refractivity contribution in [2.24, 2.45) is 5.16 Å². The van der Waals surface area contributed by atoms with Gasteiger partial charge in [0.15, 0.2) is 0 Å². The lowest BCUT2D eigenvalue weighted by molar-refractivity contribution is 0.105. The molecule has 0 bridgehead atoms. The van der Waals surface area contributed by atoms with Gasteiger partial charge in [0.1, 0.15) is 11.5 Å². The van der Waals surface area contributed by atoms with Crippen LogP contribution in [0.3, 0.4) is 0 Å². The molecule has 5 heteroatoms. The Hall–Kier alpha value is -3.05. The van der Waals surface area contributed by atoms with Crippen LogP contribution in [0.4, 0.5) is 0 Å². The number of fused-ring (bicyclic) bond motifs is 3. The molecule has 0 aliphatic heterocycles. The molecule has 3 aromatic carbocycles. The summed E-state index contributed by atoms with van der Waals surface area (Å²) in [4.78, 5) is 15.0. The van der Waals surface area contributed by atoms with Gasteiger partial charge in [0.25, 0.3) is 0 Å². The summed E-state index contributed by atoms with van der Waals surface area (Å²) in [5.41, 5.74) is 5.21. The normalized spacial score (nSPS) is 14.1. The number of rotatable bonds is 6. The molecule has 0 fully saturated rings. The van der Waals surface area contributed by atoms with Crippen molar-refractivity contribution < 1.29 is 14.7 Å². The minimum Gasteiger partial charge on any atom is -0.497 e. The monoisotopic (exact) mass is 431 g/mol. The lowest BCUT2D eigenvalue weighted by Crippen LogP contribution is -2.18. The molecule has 1 N–H and O–H groups in total. The maximum Gasteiger partial charge on any atom is 0.210 e. The highest BCUT2D eigenvalue weighted by Crippen LogP contribution is 2.50. The number of ketones is 1. The topological polar surface area (TPSA) is 58.9 Å². The van der Waals surface area contributed by atoms with E-state index in [0.717, 1.165) is 21.8 Å². The molecule has 0 radical (unpaired) electrons. The van der Waals surface area contributed by atoms with Crippen LogP contribution in [0.2, 0.25) is 0 Å². The van der Waals surface area contributed by atoms with Crippen molar-refractivity contribution in [1.82, 2.24) is 0 Å². The van der Waals surface area contributed by atoms with Gasteiger partial charge in [-0.1, -0.05) is 55.9 Å². The van der Waals surface area contributed by atoms with Gasteiger partial charge in [-0.2, -0.15) is 0 Å². The summed E-state index contributed by atoms with van der Waals surface area (Å²) in [6.45, 7) is 6.19. The highest BCUT2D eigenvalue weighted by Gasteiger charge is 2.36. The van der Waals surface area contributed by atoms with E-state index in [1.165, 1.54) is 16.0 Å². The van der Waals surface area contributed by atoms with Crippen LogP contribution in [0.5, 0.6) is 5.75 Å². The van der Waals surface area contributed by atoms with Gasteiger partial charge in [0, 0.05) is 20.8 Å². The van der Waals surface area contributed by atoms with E-state index >= 15 is 0 Å². The average molecular weight is 432 g/mol. The zero-order valence-electron chi connectivity index (χ0n) is 18.1. The molecule has 0 saturated carbocycles. The van der Waals surface area contributed by atoms with Crippen LogP contribution < -0.4 is 4.74 Å². The first kappa shape index (κ1) is 21.2. The van der Waals surface area contributed by atoms with Crippen molar-refractivity contribution in [1.29, 1.82) is 0 Å². The van der Waals surface area contributed by atoms with Crippen molar-refractivity contribution in [3.63, 3.8) is 0 Å². The molecular formula is C26H25NO3S. The Morgan fingerprint density at radius 1 is 0.968 bits per heavy atom. The number of carbonyl (C=O) groups is 1. The highest BCUT2D eigenvalue weighted by atomic mass is 32.2. The third-order valence-electron chi connectivity index (χ3n) is 5.92. The number of hydrogen-bond donors (Lipinski definition) is 1. The first-order valence-corrected chi connectivity index (χ1v) is 11.1. The molecule has 3 aromatic rings. The van der Waals surface area contributed by atoms with E-state index in [0.29, 0.717) is 12.0 Å². The van der Waals surface area contributed by atoms with Gasteiger partial charge in [0.05, 0.1) is 7.11 Å². The van der Waals surface area contributed by atoms with E-state index < -0.39 is 0 Å². The third-order valence-corrected chi connectivity index (χ3v) is 6.92. The summed E-state index contributed by atoms with van der Waals surface area (Å²) >= 11 is 1.72. The molecule has 0 spiro atoms. The number of nitrogens with zero attached hydrogens (tertiary/aromatic N) is 1. The molecule has 0 amide bonds. The molecule has 158 valence electrons. The molecule has 31 heavy (non-hydrogen) atoms. The number of benzene rings is 3. The van der Waals surface area contributed by atoms with Crippen molar-refractivity contribution >= 4 is 23.3 Å². The number of ether oxygens (including phenoxy) is 1. The van der Waals surface area contributed by atoms with Crippen LogP contribution in [0.1, 0.15) is 48.7 Å². The van der Waals surface area contributed by atoms with Gasteiger partial charge in [-0.15, -0.1) is 0 Å². The first-order chi connectivity index (χ1) is 14.9. The average Bonchev–Trinajstić information content (AvgIpc) is 3.01. The van der Waals surface area contributed by atoms with E-state index in [4.69, 9.17) is 9.94 Å². The fourth-order valence-corrected chi connectivity index (χ4v) is 5.00. The minimum absolute atomic E-state index is 0.173. The van der Waals surface area contributed by atoms with Crippen LogP contribution >= 0.6 is 11.8 Å². The van der Waals surface area contributed by atoms with E-state index in [2.05, 4.69) is 49.3 Å². The van der Waals surface area contributed by atoms with Gasteiger partial charge in [-0.05, 0) is 71.1 Å². The second-order valence-electron chi connectivity index (χ2n) is 8.10. The van der Waals surface area contributed by atoms with E-state index in [1.807, 2.05) is 37.3 Å². The quantitative estimate of drug-likeness (QED) is 0.207. The third kappa shape index (κ3) is 3.74. The van der Waals surface area contributed by atoms with Crippen LogP contribution in [0.25, 0.3) is 11.1 Å². The summed E-state index contributed by atoms with van der Waals surface area (Å²) in [5, 5.41) is 12.3. The lowest BCUT2D eigenvalue weighted by atomic mass is 9.81. The SMILES string of the molecule is CC/C(=N\O)C(=O)c1ccc2c(c1)C(C)(C)c1cc(Sc3ccc(OC)cc3)ccc1-2. The Balaban J connectivity index is 1.68. The van der Waals surface area contributed by atoms with Crippen molar-refractivity contribution in [3.8, 4) is 16.9 Å². The van der Waals surface area contributed by atoms with Gasteiger partial charge in [0.2, 0.25) is 5.78 Å². The number of methoxy groups -OCH3 is 1. The van der Waals surface area contributed by atoms with Gasteiger partial charge in [-0.3, -0.25) is 4.79 Å². The molecule has 1 aliphatic rings. The maximum atomic E-state index is 12.7. The van der Waals surface area contributed by atoms with Crippen LogP contribution in [-0.4, -0.2) is 23.8 Å². The maximum absolute atomic E-state index is 12.7. The predicted octanol–water partition coefficient (Wildman–Crippen LogP) is 6.58. The molecule has 4 rings (SSSR count). The number of Topliss-reactive ketones (excluding diaryl/α,β-unsaturated/α-hetero) is 1. The summed E-state index contributed by atoms with van der Waals surface area (Å²) < 4.78 is 5.24. The molecule has 0 unspecified atom stereocenters. The predicted molar refractivity (Wildman–Crippen MR) is 125 cm³/mol. The Bertz CT molecular complexity index is 1180. The second kappa shape index (κ2) is 8.23. The fraction of sp³-hybridized carbons (Fsp3) is 0.231. The second-order valence-corrected chi connectivity index (χ2v) is 9.25. The van der Waals surface area contributed by atoms with Gasteiger partial charge in [-0.25, -0.2) is 0 Å². The summed E-state index contributed by atoms with van der Waals surface area (Å²) in [6, 6.07) is 20.4. The Labute approximate surface area is 187 Å². The van der Waals surface area contributed by atoms with Crippen LogP contribution in [0, 0.1) is 0 Å². The van der Waals surface area contributed by atoms with Gasteiger partial charge >= 0.3 is 0 Å². The zero-order chi connectivity index (χ0) is 22.2. The standard InChI is InChI=1S/C26H25NO3S/c1-5-24(27-29)25(28)16-6-12-20-21-13-11-19(15-23(21)26(2,3)22(20)14-16)31-18-9-7-17(30-4)8-10-18/h6-15,29H,5H2,1-4H3/b27-24+. The molecular weight excluding hydrogens is 406 g/mol. The summed E-state index contributed by atoms with van der Waals surface area (Å²) in [6.07, 6.45) is 0.391. The number of hydrogen-bond acceptors (Lipinski definition) is 5. The molecule has 4 nitrogen and oxygen atoms in total. The molecule has 0 aromatic heterocycles. The summed E-state index contributed by atoms with van der Waals surface area (Å²) in [7, 11) is 1.67. The van der Waals surface area contributed by atoms with Crippen LogP contribution in [-0.2, 0) is 5.41 Å². The summed E-state index contributed by atoms with van der Waals surface area (Å²) in [5.74, 6) is 0.619. The number of carbonyl (C=O) groups excluding carboxylic acids is 1. The van der Waals surface area contributed by atoms with E-state index in [-0.39, 0.29) is 16.9 Å². The smallest absolute Gasteiger partial charge is 0.210 e. The van der Waals surface area contributed by atoms with Crippen molar-refractivity contribution in [3.05, 3.63) is 77.4 Å². The first-order valence-electron chi connectivity index (χ1n) is 10.3. The Kier molecular flexibility index (Phi) is 5.63. The van der Waals surface area contributed by atoms with Gasteiger partial charge < -0.3 is 9.94 Å². The minimum atomic E-state index is -0.236. The molecule has 0 heterocycles. The van der Waals surface area contributed by atoms with Crippen LogP contribution in [0.15, 0.2) is 75.6 Å². The molecule has 0 atom stereocenters. The van der Waals surface area contributed by atoms with Crippen molar-refractivity contribution in [2.75, 3.05) is 7.11 Å². The Morgan fingerprint density at radius 3 is 2.19 bits per heavy atom. The largest absolute Gasteiger partial charge is 0.497 e. The fourth-order valence-electron chi connectivity index (χ4n) is 4.14. The zero-order valence-corrected chi connectivity index (χ0v) is 18.9. The van der Waals surface area contributed by atoms with E-state index in [9.17, 15) is 4.79 Å². The Morgan fingerprint density at radius 2 is 1.58 bits per heavy atom. The van der Waals surface area contributed by atoms with E-state index in [1.54, 1.807) is 18.9 Å². The van der Waals surface area contributed by atoms with Crippen molar-refractivity contribution in [2.45, 2.75) is 42.4 Å². The molecule has 0 saturated heterocycles. The molecule has 1 aliphatic carbocycles.